The normalized spacial score (nSPS) is 19.8. The Morgan fingerprint density at radius 2 is 1.52 bits per heavy atom. The molecule has 3 heterocycles. The lowest BCUT2D eigenvalue weighted by atomic mass is 9.88. The molecular weight excluding hydrogens is 414 g/mol. The summed E-state index contributed by atoms with van der Waals surface area (Å²) < 4.78 is 5.51. The molecular formula is C27H43N3O3. The second-order valence-corrected chi connectivity index (χ2v) is 10.7. The van der Waals surface area contributed by atoms with Crippen LogP contribution in [0.15, 0.2) is 24.3 Å². The van der Waals surface area contributed by atoms with Crippen molar-refractivity contribution < 1.29 is 14.3 Å². The van der Waals surface area contributed by atoms with Crippen molar-refractivity contribution in [1.82, 2.24) is 9.80 Å². The number of rotatable bonds is 10. The van der Waals surface area contributed by atoms with Crippen LogP contribution >= 0.6 is 0 Å². The summed E-state index contributed by atoms with van der Waals surface area (Å²) in [7, 11) is 0. The molecule has 3 aliphatic heterocycles. The minimum Gasteiger partial charge on any atom is -0.444 e. The van der Waals surface area contributed by atoms with E-state index in [-0.39, 0.29) is 24.2 Å². The highest BCUT2D eigenvalue weighted by molar-refractivity contribution is 5.89. The predicted molar refractivity (Wildman–Crippen MR) is 134 cm³/mol. The number of amides is 3. The lowest BCUT2D eigenvalue weighted by molar-refractivity contribution is -0.0658. The summed E-state index contributed by atoms with van der Waals surface area (Å²) in [6.07, 6.45) is 12.4. The van der Waals surface area contributed by atoms with Gasteiger partial charge in [0.2, 0.25) is 0 Å². The van der Waals surface area contributed by atoms with Gasteiger partial charge in [-0.15, -0.1) is 0 Å². The topological polar surface area (TPSA) is 61.9 Å². The number of hydrogen-bond acceptors (Lipinski definition) is 3. The van der Waals surface area contributed by atoms with Gasteiger partial charge < -0.3 is 15.0 Å². The number of fused-ring (bicyclic) bond motifs is 2. The Hall–Kier alpha value is -2.24. The molecule has 0 aromatic heterocycles. The van der Waals surface area contributed by atoms with Gasteiger partial charge >= 0.3 is 12.1 Å². The van der Waals surface area contributed by atoms with Crippen LogP contribution in [0.4, 0.5) is 15.3 Å². The molecule has 0 radical (unpaired) electrons. The molecule has 3 amide bonds. The van der Waals surface area contributed by atoms with Gasteiger partial charge in [-0.1, -0.05) is 64.0 Å². The number of piperidine rings is 1. The number of benzene rings is 1. The third-order valence-electron chi connectivity index (χ3n) is 6.61. The fraction of sp³-hybridized carbons (Fsp3) is 0.704. The van der Waals surface area contributed by atoms with Gasteiger partial charge in [0.25, 0.3) is 0 Å². The van der Waals surface area contributed by atoms with Crippen LogP contribution in [0.5, 0.6) is 0 Å². The third-order valence-corrected chi connectivity index (χ3v) is 6.61. The van der Waals surface area contributed by atoms with Crippen molar-refractivity contribution in [3.05, 3.63) is 29.8 Å². The van der Waals surface area contributed by atoms with E-state index in [9.17, 15) is 9.59 Å². The smallest absolute Gasteiger partial charge is 0.410 e. The molecule has 6 nitrogen and oxygen atoms in total. The van der Waals surface area contributed by atoms with E-state index in [1.807, 2.05) is 37.8 Å². The number of nitrogens with zero attached hydrogens (tertiary/aromatic N) is 2. The van der Waals surface area contributed by atoms with E-state index in [1.54, 1.807) is 4.90 Å². The van der Waals surface area contributed by atoms with Crippen LogP contribution in [0.25, 0.3) is 0 Å². The maximum Gasteiger partial charge on any atom is 0.410 e. The predicted octanol–water partition coefficient (Wildman–Crippen LogP) is 6.60. The summed E-state index contributed by atoms with van der Waals surface area (Å²) in [5, 5.41) is 3.02. The SMILES string of the molecule is CCCCCCCCCCc1ccc(NC(=O)N2CC3CC(C2)N3C(=O)OC(C)(C)C)cc1. The molecule has 2 bridgehead atoms. The molecule has 1 N–H and O–H groups in total. The van der Waals surface area contributed by atoms with Gasteiger partial charge in [-0.2, -0.15) is 0 Å². The third kappa shape index (κ3) is 7.65. The van der Waals surface area contributed by atoms with Gasteiger partial charge in [0.05, 0.1) is 12.1 Å². The number of piperazine rings is 1. The first-order valence-corrected chi connectivity index (χ1v) is 12.9. The van der Waals surface area contributed by atoms with E-state index in [4.69, 9.17) is 4.74 Å². The first-order valence-electron chi connectivity index (χ1n) is 12.9. The fourth-order valence-electron chi connectivity index (χ4n) is 4.81. The van der Waals surface area contributed by atoms with Crippen LogP contribution in [0.2, 0.25) is 0 Å². The Labute approximate surface area is 200 Å². The zero-order chi connectivity index (χ0) is 23.8. The van der Waals surface area contributed by atoms with E-state index in [0.29, 0.717) is 13.1 Å². The molecule has 3 saturated heterocycles. The number of anilines is 1. The van der Waals surface area contributed by atoms with Crippen molar-refractivity contribution in [3.63, 3.8) is 0 Å². The summed E-state index contributed by atoms with van der Waals surface area (Å²) in [4.78, 5) is 28.8. The average Bonchev–Trinajstić information content (AvgIpc) is 2.75. The van der Waals surface area contributed by atoms with Gasteiger partial charge in [-0.25, -0.2) is 9.59 Å². The van der Waals surface area contributed by atoms with Crippen molar-refractivity contribution in [2.24, 2.45) is 0 Å². The minimum atomic E-state index is -0.502. The zero-order valence-corrected chi connectivity index (χ0v) is 21.1. The minimum absolute atomic E-state index is 0.0540. The van der Waals surface area contributed by atoms with Gasteiger partial charge in [0.1, 0.15) is 5.60 Å². The average molecular weight is 458 g/mol. The zero-order valence-electron chi connectivity index (χ0n) is 21.1. The molecule has 2 atom stereocenters. The number of ether oxygens (including phenoxy) is 1. The Bertz CT molecular complexity index is 760. The van der Waals surface area contributed by atoms with Crippen LogP contribution in [-0.4, -0.2) is 52.7 Å². The molecule has 1 aromatic carbocycles. The highest BCUT2D eigenvalue weighted by Crippen LogP contribution is 2.34. The summed E-state index contributed by atoms with van der Waals surface area (Å²) in [6, 6.07) is 8.25. The number of carbonyl (C=O) groups is 2. The van der Waals surface area contributed by atoms with Crippen LogP contribution in [0, 0.1) is 0 Å². The van der Waals surface area contributed by atoms with Crippen LogP contribution in [0.3, 0.4) is 0 Å². The Balaban J connectivity index is 1.35. The van der Waals surface area contributed by atoms with Gasteiger partial charge in [-0.3, -0.25) is 4.90 Å². The van der Waals surface area contributed by atoms with E-state index in [2.05, 4.69) is 24.4 Å². The first-order chi connectivity index (χ1) is 15.8. The molecule has 3 fully saturated rings. The van der Waals surface area contributed by atoms with Crippen molar-refractivity contribution in [3.8, 4) is 0 Å². The lowest BCUT2D eigenvalue weighted by Gasteiger charge is -2.55. The second kappa shape index (κ2) is 11.8. The highest BCUT2D eigenvalue weighted by Gasteiger charge is 2.49. The van der Waals surface area contributed by atoms with Crippen LogP contribution < -0.4 is 5.32 Å². The molecule has 3 aliphatic rings. The largest absolute Gasteiger partial charge is 0.444 e. The summed E-state index contributed by atoms with van der Waals surface area (Å²) in [5.41, 5.74) is 1.65. The molecule has 184 valence electrons. The Morgan fingerprint density at radius 1 is 0.939 bits per heavy atom. The Morgan fingerprint density at radius 3 is 2.09 bits per heavy atom. The van der Waals surface area contributed by atoms with E-state index < -0.39 is 5.60 Å². The molecule has 0 aliphatic carbocycles. The standard InChI is InChI=1S/C27H43N3O3/c1-5-6-7-8-9-10-11-12-13-21-14-16-22(17-15-21)28-25(31)29-19-23-18-24(20-29)30(23)26(32)33-27(2,3)4/h14-17,23-24H,5-13,18-20H2,1-4H3,(H,28,31). The molecule has 1 aromatic rings. The van der Waals surface area contributed by atoms with Gasteiger partial charge in [-0.05, 0) is 57.7 Å². The number of urea groups is 1. The van der Waals surface area contributed by atoms with E-state index in [1.165, 1.54) is 56.9 Å². The monoisotopic (exact) mass is 457 g/mol. The quantitative estimate of drug-likeness (QED) is 0.403. The number of hydrogen-bond donors (Lipinski definition) is 1. The van der Waals surface area contributed by atoms with Gasteiger partial charge in [0, 0.05) is 18.8 Å². The summed E-state index contributed by atoms with van der Waals surface area (Å²) in [5.74, 6) is 0. The molecule has 0 spiro atoms. The Kier molecular flexibility index (Phi) is 9.04. The van der Waals surface area contributed by atoms with Gasteiger partial charge in [0.15, 0.2) is 0 Å². The first kappa shape index (κ1) is 25.4. The molecule has 4 rings (SSSR count). The number of nitrogens with one attached hydrogen (secondary N) is 1. The molecule has 6 heteroatoms. The maximum absolute atomic E-state index is 12.7. The lowest BCUT2D eigenvalue weighted by Crippen LogP contribution is -2.71. The number of carbonyl (C=O) groups excluding carboxylic acids is 2. The molecule has 2 unspecified atom stereocenters. The fourth-order valence-corrected chi connectivity index (χ4v) is 4.81. The number of unbranched alkanes of at least 4 members (excludes halogenated alkanes) is 7. The molecule has 0 saturated carbocycles. The van der Waals surface area contributed by atoms with E-state index in [0.717, 1.165) is 18.5 Å². The summed E-state index contributed by atoms with van der Waals surface area (Å²) in [6.45, 7) is 8.99. The maximum atomic E-state index is 12.7. The van der Waals surface area contributed by atoms with Crippen LogP contribution in [-0.2, 0) is 11.2 Å². The van der Waals surface area contributed by atoms with Crippen LogP contribution in [0.1, 0.15) is 91.0 Å². The van der Waals surface area contributed by atoms with Crippen molar-refractivity contribution in [2.75, 3.05) is 18.4 Å². The van der Waals surface area contributed by atoms with Crippen molar-refractivity contribution >= 4 is 17.8 Å². The van der Waals surface area contributed by atoms with E-state index >= 15 is 0 Å². The summed E-state index contributed by atoms with van der Waals surface area (Å²) >= 11 is 0. The number of aryl methyl sites for hydroxylation is 1. The van der Waals surface area contributed by atoms with Crippen molar-refractivity contribution in [2.45, 2.75) is 110 Å². The van der Waals surface area contributed by atoms with Crippen molar-refractivity contribution in [1.29, 1.82) is 0 Å². The second-order valence-electron chi connectivity index (χ2n) is 10.7. The highest BCUT2D eigenvalue weighted by atomic mass is 16.6. The molecule has 33 heavy (non-hydrogen) atoms.